The van der Waals surface area contributed by atoms with Crippen LogP contribution in [0.3, 0.4) is 0 Å². The van der Waals surface area contributed by atoms with Crippen molar-refractivity contribution in [2.24, 2.45) is 16.8 Å². The highest BCUT2D eigenvalue weighted by Crippen LogP contribution is 2.23. The summed E-state index contributed by atoms with van der Waals surface area (Å²) in [6.07, 6.45) is 0. The fourth-order valence-corrected chi connectivity index (χ4v) is 2.53. The van der Waals surface area contributed by atoms with Crippen LogP contribution in [0.2, 0.25) is 0 Å². The van der Waals surface area contributed by atoms with Crippen LogP contribution < -0.4 is 5.32 Å². The molecule has 122 valence electrons. The number of aliphatic imine (C=N–C) groups is 1. The Morgan fingerprint density at radius 3 is 2.67 bits per heavy atom. The molecule has 1 N–H and O–H groups in total. The molecule has 1 rings (SSSR count). The normalized spacial score (nSPS) is 23.0. The van der Waals surface area contributed by atoms with E-state index >= 15 is 0 Å². The Balaban J connectivity index is 2.49. The minimum absolute atomic E-state index is 0.0631. The molecular formula is C15H30N4O2. The first kappa shape index (κ1) is 17.8. The van der Waals surface area contributed by atoms with E-state index in [0.717, 1.165) is 25.6 Å². The van der Waals surface area contributed by atoms with Crippen LogP contribution >= 0.6 is 0 Å². The zero-order valence-corrected chi connectivity index (χ0v) is 14.2. The van der Waals surface area contributed by atoms with Crippen molar-refractivity contribution in [1.29, 1.82) is 0 Å². The van der Waals surface area contributed by atoms with Crippen molar-refractivity contribution in [3.8, 4) is 0 Å². The summed E-state index contributed by atoms with van der Waals surface area (Å²) >= 11 is 0. The van der Waals surface area contributed by atoms with Gasteiger partial charge in [-0.3, -0.25) is 9.79 Å². The molecule has 2 atom stereocenters. The van der Waals surface area contributed by atoms with Crippen LogP contribution in [0.4, 0.5) is 0 Å². The Hall–Kier alpha value is -1.30. The molecule has 1 heterocycles. The van der Waals surface area contributed by atoms with Gasteiger partial charge in [0.15, 0.2) is 5.96 Å². The van der Waals surface area contributed by atoms with E-state index in [0.29, 0.717) is 12.6 Å². The van der Waals surface area contributed by atoms with Gasteiger partial charge in [0.2, 0.25) is 0 Å². The highest BCUT2D eigenvalue weighted by atomic mass is 16.5. The number of guanidine groups is 1. The molecule has 6 nitrogen and oxygen atoms in total. The predicted octanol–water partition coefficient (Wildman–Crippen LogP) is 0.643. The van der Waals surface area contributed by atoms with Crippen LogP contribution in [0, 0.1) is 11.8 Å². The molecule has 2 unspecified atom stereocenters. The fraction of sp³-hybridized carbons (Fsp3) is 0.867. The molecule has 1 aliphatic rings. The molecule has 21 heavy (non-hydrogen) atoms. The summed E-state index contributed by atoms with van der Waals surface area (Å²) in [5.41, 5.74) is 0. The van der Waals surface area contributed by atoms with Crippen molar-refractivity contribution in [3.05, 3.63) is 0 Å². The number of rotatable bonds is 5. The Bertz CT molecular complexity index is 371. The van der Waals surface area contributed by atoms with E-state index < -0.39 is 0 Å². The maximum absolute atomic E-state index is 11.7. The Morgan fingerprint density at radius 1 is 1.48 bits per heavy atom. The molecule has 0 aromatic carbocycles. The van der Waals surface area contributed by atoms with Crippen molar-refractivity contribution in [2.75, 3.05) is 47.4 Å². The first-order valence-corrected chi connectivity index (χ1v) is 7.64. The van der Waals surface area contributed by atoms with Gasteiger partial charge < -0.3 is 19.9 Å². The lowest BCUT2D eigenvalue weighted by molar-refractivity contribution is -0.145. The lowest BCUT2D eigenvalue weighted by Crippen LogP contribution is -2.44. The van der Waals surface area contributed by atoms with Gasteiger partial charge in [-0.25, -0.2) is 0 Å². The van der Waals surface area contributed by atoms with Gasteiger partial charge in [-0.1, -0.05) is 6.92 Å². The summed E-state index contributed by atoms with van der Waals surface area (Å²) in [7, 11) is 5.34. The average molecular weight is 298 g/mol. The number of carbonyl (C=O) groups is 1. The second-order valence-corrected chi connectivity index (χ2v) is 6.06. The number of likely N-dealkylation sites (N-methyl/N-ethyl adjacent to an activating group) is 1. The maximum Gasteiger partial charge on any atom is 0.310 e. The monoisotopic (exact) mass is 298 g/mol. The number of nitrogens with one attached hydrogen (secondary N) is 1. The van der Waals surface area contributed by atoms with E-state index in [9.17, 15) is 4.79 Å². The molecule has 1 saturated heterocycles. The number of ether oxygens (including phenoxy) is 1. The minimum Gasteiger partial charge on any atom is -0.469 e. The van der Waals surface area contributed by atoms with Gasteiger partial charge in [0.25, 0.3) is 0 Å². The molecule has 0 radical (unpaired) electrons. The highest BCUT2D eigenvalue weighted by Gasteiger charge is 2.36. The van der Waals surface area contributed by atoms with Crippen molar-refractivity contribution in [2.45, 2.75) is 26.8 Å². The lowest BCUT2D eigenvalue weighted by atomic mass is 9.99. The number of hydrogen-bond acceptors (Lipinski definition) is 4. The molecule has 0 aromatic heterocycles. The number of hydrogen-bond donors (Lipinski definition) is 1. The third-order valence-electron chi connectivity index (χ3n) is 4.26. The first-order valence-electron chi connectivity index (χ1n) is 7.64. The second-order valence-electron chi connectivity index (χ2n) is 6.06. The molecule has 1 fully saturated rings. The highest BCUT2D eigenvalue weighted by molar-refractivity contribution is 5.82. The van der Waals surface area contributed by atoms with Gasteiger partial charge in [0, 0.05) is 39.3 Å². The quantitative estimate of drug-likeness (QED) is 0.459. The smallest absolute Gasteiger partial charge is 0.310 e. The van der Waals surface area contributed by atoms with Crippen LogP contribution in [0.15, 0.2) is 4.99 Å². The summed E-state index contributed by atoms with van der Waals surface area (Å²) in [5, 5.41) is 3.38. The van der Waals surface area contributed by atoms with E-state index in [2.05, 4.69) is 47.9 Å². The summed E-state index contributed by atoms with van der Waals surface area (Å²) in [6.45, 7) is 9.75. The van der Waals surface area contributed by atoms with Crippen LogP contribution in [0.5, 0.6) is 0 Å². The van der Waals surface area contributed by atoms with E-state index in [1.54, 1.807) is 7.05 Å². The predicted molar refractivity (Wildman–Crippen MR) is 85.4 cm³/mol. The summed E-state index contributed by atoms with van der Waals surface area (Å²) in [6, 6.07) is 0.532. The number of nitrogens with zero attached hydrogens (tertiary/aromatic N) is 3. The fourth-order valence-electron chi connectivity index (χ4n) is 2.53. The minimum atomic E-state index is -0.125. The third kappa shape index (κ3) is 4.88. The lowest BCUT2D eigenvalue weighted by Gasteiger charge is -2.24. The zero-order chi connectivity index (χ0) is 16.0. The van der Waals surface area contributed by atoms with Gasteiger partial charge >= 0.3 is 5.97 Å². The van der Waals surface area contributed by atoms with Crippen molar-refractivity contribution >= 4 is 11.9 Å². The van der Waals surface area contributed by atoms with Gasteiger partial charge in [-0.05, 0) is 26.8 Å². The number of methoxy groups -OCH3 is 1. The van der Waals surface area contributed by atoms with Crippen LogP contribution in [-0.2, 0) is 9.53 Å². The number of likely N-dealkylation sites (tertiary alicyclic amines) is 1. The number of carbonyl (C=O) groups excluding carboxylic acids is 1. The van der Waals surface area contributed by atoms with Crippen molar-refractivity contribution < 1.29 is 9.53 Å². The standard InChI is InChI=1S/C15H30N4O2/c1-11(2)18(5)8-7-17-15(16-4)19-9-12(3)13(10-19)14(20)21-6/h11-13H,7-10H2,1-6H3,(H,16,17). The van der Waals surface area contributed by atoms with Crippen molar-refractivity contribution in [3.63, 3.8) is 0 Å². The van der Waals surface area contributed by atoms with Gasteiger partial charge in [-0.2, -0.15) is 0 Å². The molecule has 0 spiro atoms. The zero-order valence-electron chi connectivity index (χ0n) is 14.2. The Kier molecular flexibility index (Phi) is 6.95. The van der Waals surface area contributed by atoms with Gasteiger partial charge in [0.1, 0.15) is 0 Å². The number of esters is 1. The first-order chi connectivity index (χ1) is 9.90. The SMILES string of the molecule is CN=C(NCCN(C)C(C)C)N1CC(C)C(C(=O)OC)C1. The van der Waals surface area contributed by atoms with E-state index in [4.69, 9.17) is 4.74 Å². The van der Waals surface area contributed by atoms with Crippen molar-refractivity contribution in [1.82, 2.24) is 15.1 Å². The van der Waals surface area contributed by atoms with Gasteiger partial charge in [0.05, 0.1) is 13.0 Å². The van der Waals surface area contributed by atoms with Crippen LogP contribution in [0.25, 0.3) is 0 Å². The second kappa shape index (κ2) is 8.22. The molecule has 0 saturated carbocycles. The van der Waals surface area contributed by atoms with E-state index in [-0.39, 0.29) is 17.8 Å². The molecule has 6 heteroatoms. The molecule has 0 aromatic rings. The van der Waals surface area contributed by atoms with Crippen LogP contribution in [0.1, 0.15) is 20.8 Å². The van der Waals surface area contributed by atoms with Gasteiger partial charge in [-0.15, -0.1) is 0 Å². The topological polar surface area (TPSA) is 57.2 Å². The largest absolute Gasteiger partial charge is 0.469 e. The average Bonchev–Trinajstić information content (AvgIpc) is 2.84. The molecule has 1 aliphatic heterocycles. The van der Waals surface area contributed by atoms with E-state index in [1.807, 2.05) is 0 Å². The Labute approximate surface area is 128 Å². The summed E-state index contributed by atoms with van der Waals surface area (Å²) in [5.74, 6) is 0.964. The van der Waals surface area contributed by atoms with Crippen LogP contribution in [-0.4, -0.2) is 75.2 Å². The molecule has 0 amide bonds. The molecule has 0 aliphatic carbocycles. The molecule has 0 bridgehead atoms. The Morgan fingerprint density at radius 2 is 2.14 bits per heavy atom. The van der Waals surface area contributed by atoms with E-state index in [1.165, 1.54) is 7.11 Å². The third-order valence-corrected chi connectivity index (χ3v) is 4.26. The maximum atomic E-state index is 11.7. The summed E-state index contributed by atoms with van der Waals surface area (Å²) < 4.78 is 4.87. The molecular weight excluding hydrogens is 268 g/mol. The summed E-state index contributed by atoms with van der Waals surface area (Å²) in [4.78, 5) is 20.5.